The van der Waals surface area contributed by atoms with E-state index in [1.807, 2.05) is 23.6 Å². The van der Waals surface area contributed by atoms with Crippen LogP contribution in [-0.4, -0.2) is 10.9 Å². The van der Waals surface area contributed by atoms with E-state index in [-0.39, 0.29) is 11.5 Å². The minimum atomic E-state index is -0.375. The molecule has 2 heterocycles. The molecule has 0 aromatic carbocycles. The van der Waals surface area contributed by atoms with Crippen molar-refractivity contribution in [1.82, 2.24) is 10.3 Å². The smallest absolute Gasteiger partial charge is 0.262 e. The molecule has 0 atom stereocenters. The summed E-state index contributed by atoms with van der Waals surface area (Å²) in [5.74, 6) is -0.375. The van der Waals surface area contributed by atoms with Gasteiger partial charge in [0.15, 0.2) is 0 Å². The van der Waals surface area contributed by atoms with Gasteiger partial charge in [0, 0.05) is 17.3 Å². The maximum atomic E-state index is 11.9. The number of amides is 1. The summed E-state index contributed by atoms with van der Waals surface area (Å²) in [6.07, 6.45) is 4.76. The van der Waals surface area contributed by atoms with Crippen LogP contribution in [0.4, 0.5) is 0 Å². The van der Waals surface area contributed by atoms with Gasteiger partial charge in [-0.1, -0.05) is 12.1 Å². The van der Waals surface area contributed by atoms with Crippen LogP contribution in [0.3, 0.4) is 0 Å². The van der Waals surface area contributed by atoms with Crippen molar-refractivity contribution in [3.8, 4) is 6.07 Å². The lowest BCUT2D eigenvalue weighted by molar-refractivity contribution is -0.117. The number of pyridine rings is 1. The Bertz CT molecular complexity index is 612. The lowest BCUT2D eigenvalue weighted by Crippen LogP contribution is -2.23. The Morgan fingerprint density at radius 1 is 1.47 bits per heavy atom. The van der Waals surface area contributed by atoms with Gasteiger partial charge in [-0.05, 0) is 29.2 Å². The van der Waals surface area contributed by atoms with Crippen molar-refractivity contribution >= 4 is 23.3 Å². The van der Waals surface area contributed by atoms with Gasteiger partial charge < -0.3 is 5.32 Å². The molecule has 19 heavy (non-hydrogen) atoms. The van der Waals surface area contributed by atoms with Crippen molar-refractivity contribution in [3.05, 3.63) is 58.1 Å². The van der Waals surface area contributed by atoms with Gasteiger partial charge in [-0.15, -0.1) is 11.3 Å². The quantitative estimate of drug-likeness (QED) is 0.684. The first-order valence-corrected chi connectivity index (χ1v) is 6.50. The highest BCUT2D eigenvalue weighted by Gasteiger charge is 2.08. The fourth-order valence-electron chi connectivity index (χ4n) is 1.45. The number of nitriles is 1. The number of nitrogens with zero attached hydrogens (tertiary/aromatic N) is 2. The minimum Gasteiger partial charge on any atom is -0.347 e. The second-order valence-electron chi connectivity index (χ2n) is 3.72. The number of hydrogen-bond acceptors (Lipinski definition) is 4. The molecule has 2 aromatic heterocycles. The molecule has 2 rings (SSSR count). The molecule has 1 amide bonds. The predicted molar refractivity (Wildman–Crippen MR) is 74.0 cm³/mol. The van der Waals surface area contributed by atoms with E-state index in [9.17, 15) is 4.79 Å². The Kier molecular flexibility index (Phi) is 4.43. The average Bonchev–Trinajstić information content (AvgIpc) is 2.96. The van der Waals surface area contributed by atoms with Gasteiger partial charge in [0.1, 0.15) is 11.6 Å². The van der Waals surface area contributed by atoms with Crippen molar-refractivity contribution in [2.24, 2.45) is 0 Å². The molecule has 5 heteroatoms. The molecule has 1 N–H and O–H groups in total. The zero-order chi connectivity index (χ0) is 13.5. The average molecular weight is 269 g/mol. The summed E-state index contributed by atoms with van der Waals surface area (Å²) in [7, 11) is 0. The van der Waals surface area contributed by atoms with Crippen LogP contribution in [-0.2, 0) is 11.3 Å². The van der Waals surface area contributed by atoms with Crippen LogP contribution >= 0.6 is 11.3 Å². The zero-order valence-corrected chi connectivity index (χ0v) is 10.9. The Labute approximate surface area is 115 Å². The largest absolute Gasteiger partial charge is 0.347 e. The lowest BCUT2D eigenvalue weighted by Gasteiger charge is -2.02. The molecule has 0 aliphatic rings. The van der Waals surface area contributed by atoms with E-state index in [0.717, 1.165) is 10.4 Å². The van der Waals surface area contributed by atoms with Gasteiger partial charge in [0.2, 0.25) is 0 Å². The highest BCUT2D eigenvalue weighted by atomic mass is 32.1. The molecule has 0 aliphatic heterocycles. The monoisotopic (exact) mass is 269 g/mol. The maximum Gasteiger partial charge on any atom is 0.262 e. The molecule has 0 saturated carbocycles. The fraction of sp³-hybridized carbons (Fsp3) is 0.0714. The molecule has 0 fully saturated rings. The molecule has 0 unspecified atom stereocenters. The fourth-order valence-corrected chi connectivity index (χ4v) is 2.10. The maximum absolute atomic E-state index is 11.9. The third-order valence-electron chi connectivity index (χ3n) is 2.36. The van der Waals surface area contributed by atoms with Crippen LogP contribution in [0.5, 0.6) is 0 Å². The number of rotatable bonds is 4. The van der Waals surface area contributed by atoms with Gasteiger partial charge >= 0.3 is 0 Å². The number of aromatic nitrogens is 1. The lowest BCUT2D eigenvalue weighted by atomic mass is 10.1. The first kappa shape index (κ1) is 13.0. The van der Waals surface area contributed by atoms with Gasteiger partial charge in [-0.2, -0.15) is 5.26 Å². The van der Waals surface area contributed by atoms with Crippen LogP contribution in [0, 0.1) is 11.3 Å². The molecule has 0 saturated heterocycles. The Hall–Kier alpha value is -2.45. The van der Waals surface area contributed by atoms with E-state index in [1.165, 1.54) is 6.08 Å². The number of carbonyl (C=O) groups excluding carboxylic acids is 1. The summed E-state index contributed by atoms with van der Waals surface area (Å²) >= 11 is 1.56. The third-order valence-corrected chi connectivity index (χ3v) is 3.24. The van der Waals surface area contributed by atoms with Crippen molar-refractivity contribution in [2.75, 3.05) is 0 Å². The summed E-state index contributed by atoms with van der Waals surface area (Å²) in [5.41, 5.74) is 0.801. The summed E-state index contributed by atoms with van der Waals surface area (Å²) in [6, 6.07) is 9.30. The van der Waals surface area contributed by atoms with Crippen LogP contribution < -0.4 is 5.32 Å². The van der Waals surface area contributed by atoms with Crippen LogP contribution in [0.25, 0.3) is 6.08 Å². The molecule has 94 valence electrons. The van der Waals surface area contributed by atoms with E-state index >= 15 is 0 Å². The van der Waals surface area contributed by atoms with Gasteiger partial charge in [0.05, 0.1) is 6.54 Å². The number of nitrogens with one attached hydrogen (secondary N) is 1. The number of hydrogen-bond donors (Lipinski definition) is 1. The number of carbonyl (C=O) groups is 1. The molecule has 2 aromatic rings. The molecule has 0 aliphatic carbocycles. The normalized spacial score (nSPS) is 10.8. The predicted octanol–water partition coefficient (Wildman–Crippen LogP) is 2.37. The molecule has 4 nitrogen and oxygen atoms in total. The van der Waals surface area contributed by atoms with Crippen molar-refractivity contribution in [2.45, 2.75) is 6.54 Å². The molecule has 0 bridgehead atoms. The molecule has 0 spiro atoms. The van der Waals surface area contributed by atoms with Gasteiger partial charge in [-0.3, -0.25) is 9.78 Å². The van der Waals surface area contributed by atoms with E-state index in [0.29, 0.717) is 6.54 Å². The standard InChI is InChI=1S/C14H11N3OS/c15-8-12(7-11-3-1-5-16-9-11)14(18)17-10-13-4-2-6-19-13/h1-7,9H,10H2,(H,17,18)/b12-7+. The summed E-state index contributed by atoms with van der Waals surface area (Å²) in [5, 5.41) is 13.7. The summed E-state index contributed by atoms with van der Waals surface area (Å²) in [4.78, 5) is 16.8. The van der Waals surface area contributed by atoms with Crippen molar-refractivity contribution in [1.29, 1.82) is 5.26 Å². The summed E-state index contributed by atoms with van der Waals surface area (Å²) < 4.78 is 0. The van der Waals surface area contributed by atoms with E-state index < -0.39 is 0 Å². The van der Waals surface area contributed by atoms with E-state index in [4.69, 9.17) is 5.26 Å². The number of thiophene rings is 1. The highest BCUT2D eigenvalue weighted by molar-refractivity contribution is 7.09. The Morgan fingerprint density at radius 2 is 2.37 bits per heavy atom. The highest BCUT2D eigenvalue weighted by Crippen LogP contribution is 2.09. The second-order valence-corrected chi connectivity index (χ2v) is 4.75. The van der Waals surface area contributed by atoms with Crippen LogP contribution in [0.2, 0.25) is 0 Å². The van der Waals surface area contributed by atoms with Gasteiger partial charge in [-0.25, -0.2) is 0 Å². The molecular weight excluding hydrogens is 258 g/mol. The molecular formula is C14H11N3OS. The van der Waals surface area contributed by atoms with Crippen molar-refractivity contribution in [3.63, 3.8) is 0 Å². The third kappa shape index (κ3) is 3.76. The van der Waals surface area contributed by atoms with Crippen LogP contribution in [0.15, 0.2) is 47.6 Å². The Balaban J connectivity index is 2.04. The minimum absolute atomic E-state index is 0.0737. The summed E-state index contributed by atoms with van der Waals surface area (Å²) in [6.45, 7) is 0.433. The van der Waals surface area contributed by atoms with Gasteiger partial charge in [0.25, 0.3) is 5.91 Å². The second kappa shape index (κ2) is 6.47. The molecule has 0 radical (unpaired) electrons. The Morgan fingerprint density at radius 3 is 3.00 bits per heavy atom. The topological polar surface area (TPSA) is 65.8 Å². The first-order chi connectivity index (χ1) is 9.29. The first-order valence-electron chi connectivity index (χ1n) is 5.62. The van der Waals surface area contributed by atoms with Crippen LogP contribution in [0.1, 0.15) is 10.4 Å². The van der Waals surface area contributed by atoms with Crippen molar-refractivity contribution < 1.29 is 4.79 Å². The van der Waals surface area contributed by atoms with E-state index in [1.54, 1.807) is 35.9 Å². The van der Waals surface area contributed by atoms with E-state index in [2.05, 4.69) is 10.3 Å². The zero-order valence-electron chi connectivity index (χ0n) is 10.0. The SMILES string of the molecule is N#C/C(=C\c1cccnc1)C(=O)NCc1cccs1.